The van der Waals surface area contributed by atoms with Gasteiger partial charge >= 0.3 is 0 Å². The Hall–Kier alpha value is -1.39. The summed E-state index contributed by atoms with van der Waals surface area (Å²) in [4.78, 5) is 14.6. The van der Waals surface area contributed by atoms with Crippen LogP contribution in [-0.4, -0.2) is 43.5 Å². The summed E-state index contributed by atoms with van der Waals surface area (Å²) >= 11 is 0. The van der Waals surface area contributed by atoms with Gasteiger partial charge < -0.3 is 10.6 Å². The zero-order chi connectivity index (χ0) is 15.1. The van der Waals surface area contributed by atoms with E-state index in [-0.39, 0.29) is 11.9 Å². The van der Waals surface area contributed by atoms with E-state index in [2.05, 4.69) is 15.5 Å². The Balaban J connectivity index is 1.78. The molecule has 0 radical (unpaired) electrons. The Labute approximate surface area is 127 Å². The van der Waals surface area contributed by atoms with Crippen molar-refractivity contribution >= 4 is 11.6 Å². The predicted octanol–water partition coefficient (Wildman–Crippen LogP) is 2.34. The van der Waals surface area contributed by atoms with Crippen molar-refractivity contribution in [3.05, 3.63) is 30.3 Å². The van der Waals surface area contributed by atoms with Gasteiger partial charge in [-0.1, -0.05) is 18.2 Å². The maximum absolute atomic E-state index is 12.3. The first-order valence-electron chi connectivity index (χ1n) is 7.95. The topological polar surface area (TPSA) is 44.4 Å². The second-order valence-electron chi connectivity index (χ2n) is 5.90. The minimum atomic E-state index is -0.0598. The molecule has 0 bridgehead atoms. The number of piperidine rings is 1. The molecule has 1 aliphatic heterocycles. The van der Waals surface area contributed by atoms with E-state index in [0.717, 1.165) is 31.2 Å². The minimum absolute atomic E-state index is 0.0598. The number of carbonyl (C=O) groups is 1. The highest BCUT2D eigenvalue weighted by molar-refractivity contribution is 5.94. The molecule has 1 fully saturated rings. The average molecular weight is 289 g/mol. The van der Waals surface area contributed by atoms with E-state index in [4.69, 9.17) is 0 Å². The van der Waals surface area contributed by atoms with Gasteiger partial charge in [-0.05, 0) is 70.9 Å². The number of hydrogen-bond donors (Lipinski definition) is 2. The van der Waals surface area contributed by atoms with Gasteiger partial charge in [-0.25, -0.2) is 0 Å². The number of anilines is 1. The maximum atomic E-state index is 12.3. The summed E-state index contributed by atoms with van der Waals surface area (Å²) < 4.78 is 0. The van der Waals surface area contributed by atoms with Crippen molar-refractivity contribution < 1.29 is 4.79 Å². The standard InChI is InChI=1S/C17H27N3O/c1-14(17(21)19-16-6-4-3-5-7-16)20-12-9-15(10-13-20)8-11-18-2/h3-7,14-15,18H,8-13H2,1-2H3,(H,19,21). The fourth-order valence-corrected chi connectivity index (χ4v) is 2.91. The number of hydrogen-bond acceptors (Lipinski definition) is 3. The van der Waals surface area contributed by atoms with Crippen LogP contribution in [0.25, 0.3) is 0 Å². The third-order valence-corrected chi connectivity index (χ3v) is 4.42. The van der Waals surface area contributed by atoms with Crippen LogP contribution in [0.4, 0.5) is 5.69 Å². The summed E-state index contributed by atoms with van der Waals surface area (Å²) in [5.74, 6) is 0.896. The zero-order valence-corrected chi connectivity index (χ0v) is 13.1. The molecule has 1 aromatic rings. The second kappa shape index (κ2) is 8.15. The van der Waals surface area contributed by atoms with Crippen LogP contribution >= 0.6 is 0 Å². The monoisotopic (exact) mass is 289 g/mol. The quantitative estimate of drug-likeness (QED) is 0.845. The van der Waals surface area contributed by atoms with E-state index in [1.807, 2.05) is 44.3 Å². The molecule has 116 valence electrons. The Kier molecular flexibility index (Phi) is 6.21. The lowest BCUT2D eigenvalue weighted by Gasteiger charge is -2.35. The Morgan fingerprint density at radius 3 is 2.57 bits per heavy atom. The third kappa shape index (κ3) is 4.83. The van der Waals surface area contributed by atoms with E-state index in [1.54, 1.807) is 0 Å². The Morgan fingerprint density at radius 2 is 1.95 bits per heavy atom. The number of carbonyl (C=O) groups excluding carboxylic acids is 1. The van der Waals surface area contributed by atoms with Gasteiger partial charge in [-0.3, -0.25) is 9.69 Å². The van der Waals surface area contributed by atoms with Crippen LogP contribution in [0.2, 0.25) is 0 Å². The van der Waals surface area contributed by atoms with Crippen molar-refractivity contribution in [2.45, 2.75) is 32.2 Å². The molecule has 2 rings (SSSR count). The van der Waals surface area contributed by atoms with E-state index >= 15 is 0 Å². The maximum Gasteiger partial charge on any atom is 0.241 e. The van der Waals surface area contributed by atoms with Crippen LogP contribution in [0, 0.1) is 5.92 Å². The van der Waals surface area contributed by atoms with Crippen LogP contribution in [0.15, 0.2) is 30.3 Å². The number of nitrogens with one attached hydrogen (secondary N) is 2. The number of nitrogens with zero attached hydrogens (tertiary/aromatic N) is 1. The first-order chi connectivity index (χ1) is 10.2. The van der Waals surface area contributed by atoms with Gasteiger partial charge in [0.05, 0.1) is 6.04 Å². The molecule has 4 nitrogen and oxygen atoms in total. The SMILES string of the molecule is CNCCC1CCN(C(C)C(=O)Nc2ccccc2)CC1. The highest BCUT2D eigenvalue weighted by Gasteiger charge is 2.26. The van der Waals surface area contributed by atoms with E-state index in [1.165, 1.54) is 19.3 Å². The van der Waals surface area contributed by atoms with Crippen LogP contribution in [0.3, 0.4) is 0 Å². The Morgan fingerprint density at radius 1 is 1.29 bits per heavy atom. The first-order valence-corrected chi connectivity index (χ1v) is 7.95. The molecule has 1 aromatic carbocycles. The smallest absolute Gasteiger partial charge is 0.241 e. The van der Waals surface area contributed by atoms with Gasteiger partial charge in [-0.15, -0.1) is 0 Å². The molecule has 21 heavy (non-hydrogen) atoms. The molecule has 1 unspecified atom stereocenters. The summed E-state index contributed by atoms with van der Waals surface area (Å²) in [6.07, 6.45) is 3.64. The van der Waals surface area contributed by atoms with E-state index in [9.17, 15) is 4.79 Å². The van der Waals surface area contributed by atoms with Crippen molar-refractivity contribution in [2.24, 2.45) is 5.92 Å². The van der Waals surface area contributed by atoms with Gasteiger partial charge in [-0.2, -0.15) is 0 Å². The highest BCUT2D eigenvalue weighted by atomic mass is 16.2. The molecule has 0 spiro atoms. The van der Waals surface area contributed by atoms with Crippen LogP contribution in [-0.2, 0) is 4.79 Å². The second-order valence-corrected chi connectivity index (χ2v) is 5.90. The van der Waals surface area contributed by atoms with Crippen LogP contribution in [0.1, 0.15) is 26.2 Å². The van der Waals surface area contributed by atoms with Crippen molar-refractivity contribution in [1.29, 1.82) is 0 Å². The number of para-hydroxylation sites is 1. The number of amides is 1. The minimum Gasteiger partial charge on any atom is -0.325 e. The third-order valence-electron chi connectivity index (χ3n) is 4.42. The summed E-state index contributed by atoms with van der Waals surface area (Å²) in [7, 11) is 2.01. The fourth-order valence-electron chi connectivity index (χ4n) is 2.91. The van der Waals surface area contributed by atoms with Crippen LogP contribution < -0.4 is 10.6 Å². The van der Waals surface area contributed by atoms with Crippen LogP contribution in [0.5, 0.6) is 0 Å². The highest BCUT2D eigenvalue weighted by Crippen LogP contribution is 2.22. The number of likely N-dealkylation sites (tertiary alicyclic amines) is 1. The van der Waals surface area contributed by atoms with E-state index < -0.39 is 0 Å². The fraction of sp³-hybridized carbons (Fsp3) is 0.588. The largest absolute Gasteiger partial charge is 0.325 e. The lowest BCUT2D eigenvalue weighted by Crippen LogP contribution is -2.46. The van der Waals surface area contributed by atoms with Gasteiger partial charge in [0, 0.05) is 5.69 Å². The number of rotatable bonds is 6. The molecule has 1 aliphatic rings. The summed E-state index contributed by atoms with van der Waals surface area (Å²) in [5.41, 5.74) is 0.873. The molecule has 0 aliphatic carbocycles. The Bertz CT molecular complexity index is 427. The first kappa shape index (κ1) is 16.0. The molecule has 1 saturated heterocycles. The molecule has 2 N–H and O–H groups in total. The zero-order valence-electron chi connectivity index (χ0n) is 13.1. The van der Waals surface area contributed by atoms with Gasteiger partial charge in [0.2, 0.25) is 5.91 Å². The molecular weight excluding hydrogens is 262 g/mol. The molecule has 1 amide bonds. The van der Waals surface area contributed by atoms with Crippen molar-refractivity contribution in [3.8, 4) is 0 Å². The number of benzene rings is 1. The van der Waals surface area contributed by atoms with Crippen molar-refractivity contribution in [3.63, 3.8) is 0 Å². The lowest BCUT2D eigenvalue weighted by atomic mass is 9.93. The van der Waals surface area contributed by atoms with Crippen molar-refractivity contribution in [1.82, 2.24) is 10.2 Å². The summed E-state index contributed by atoms with van der Waals surface area (Å²) in [6, 6.07) is 9.62. The molecule has 4 heteroatoms. The summed E-state index contributed by atoms with van der Waals surface area (Å²) in [5, 5.41) is 6.21. The molecule has 1 atom stereocenters. The lowest BCUT2D eigenvalue weighted by molar-refractivity contribution is -0.121. The summed E-state index contributed by atoms with van der Waals surface area (Å²) in [6.45, 7) is 5.15. The van der Waals surface area contributed by atoms with Gasteiger partial charge in [0.15, 0.2) is 0 Å². The van der Waals surface area contributed by atoms with Gasteiger partial charge in [0.25, 0.3) is 0 Å². The predicted molar refractivity (Wildman–Crippen MR) is 87.4 cm³/mol. The van der Waals surface area contributed by atoms with E-state index in [0.29, 0.717) is 0 Å². The average Bonchev–Trinajstić information content (AvgIpc) is 2.53. The molecule has 0 aromatic heterocycles. The van der Waals surface area contributed by atoms with Crippen molar-refractivity contribution in [2.75, 3.05) is 32.0 Å². The molecule has 1 heterocycles. The van der Waals surface area contributed by atoms with Gasteiger partial charge in [0.1, 0.15) is 0 Å². The normalized spacial score (nSPS) is 18.4. The molecule has 0 saturated carbocycles. The molecular formula is C17H27N3O.